The molecule has 0 atom stereocenters. The minimum absolute atomic E-state index is 0.0124. The van der Waals surface area contributed by atoms with Gasteiger partial charge in [-0.2, -0.15) is 0 Å². The topological polar surface area (TPSA) is 83.6 Å². The lowest BCUT2D eigenvalue weighted by Gasteiger charge is -2.23. The van der Waals surface area contributed by atoms with E-state index in [-0.39, 0.29) is 16.3 Å². The Kier molecular flexibility index (Phi) is 6.80. The van der Waals surface area contributed by atoms with Crippen molar-refractivity contribution in [1.82, 2.24) is 4.72 Å². The largest absolute Gasteiger partial charge is 0.372 e. The Balaban J connectivity index is 1.96. The molecule has 2 aromatic rings. The summed E-state index contributed by atoms with van der Waals surface area (Å²) in [6, 6.07) is 15.3. The van der Waals surface area contributed by atoms with Crippen LogP contribution in [0.25, 0.3) is 0 Å². The number of hydrogen-bond acceptors (Lipinski definition) is 5. The molecule has 0 bridgehead atoms. The van der Waals surface area contributed by atoms with Crippen LogP contribution in [0.4, 0.5) is 5.69 Å². The Labute approximate surface area is 155 Å². The maximum atomic E-state index is 12.4. The summed E-state index contributed by atoms with van der Waals surface area (Å²) in [6.45, 7) is 3.86. The number of nitrogens with one attached hydrogen (secondary N) is 1. The number of sulfonamides is 1. The molecule has 2 aromatic carbocycles. The van der Waals surface area contributed by atoms with Crippen molar-refractivity contribution < 1.29 is 16.8 Å². The van der Waals surface area contributed by atoms with Gasteiger partial charge < -0.3 is 4.90 Å². The maximum absolute atomic E-state index is 12.4. The van der Waals surface area contributed by atoms with E-state index in [9.17, 15) is 16.8 Å². The highest BCUT2D eigenvalue weighted by Gasteiger charge is 2.16. The van der Waals surface area contributed by atoms with Crippen LogP contribution in [-0.2, 0) is 19.9 Å². The average Bonchev–Trinajstić information content (AvgIpc) is 2.62. The van der Waals surface area contributed by atoms with E-state index in [4.69, 9.17) is 0 Å². The number of sulfone groups is 1. The zero-order chi connectivity index (χ0) is 19.2. The molecule has 6 nitrogen and oxygen atoms in total. The number of para-hydroxylation sites is 1. The van der Waals surface area contributed by atoms with Gasteiger partial charge in [-0.3, -0.25) is 0 Å². The fourth-order valence-electron chi connectivity index (χ4n) is 2.54. The Morgan fingerprint density at radius 1 is 0.923 bits per heavy atom. The predicted molar refractivity (Wildman–Crippen MR) is 104 cm³/mol. The SMILES string of the molecule is CCN(CCCNS(=O)(=O)c1cccc(S(C)(=O)=O)c1)c1ccccc1. The molecule has 0 saturated heterocycles. The van der Waals surface area contributed by atoms with E-state index in [0.29, 0.717) is 13.0 Å². The minimum atomic E-state index is -3.75. The van der Waals surface area contributed by atoms with Crippen molar-refractivity contribution in [2.45, 2.75) is 23.1 Å². The molecule has 0 radical (unpaired) electrons. The minimum Gasteiger partial charge on any atom is -0.372 e. The van der Waals surface area contributed by atoms with Gasteiger partial charge in [0, 0.05) is 31.6 Å². The van der Waals surface area contributed by atoms with Crippen molar-refractivity contribution in [2.75, 3.05) is 30.8 Å². The van der Waals surface area contributed by atoms with Crippen LogP contribution in [0.3, 0.4) is 0 Å². The highest BCUT2D eigenvalue weighted by Crippen LogP contribution is 2.16. The summed E-state index contributed by atoms with van der Waals surface area (Å²) < 4.78 is 50.5. The lowest BCUT2D eigenvalue weighted by Crippen LogP contribution is -2.30. The van der Waals surface area contributed by atoms with E-state index < -0.39 is 19.9 Å². The molecular weight excluding hydrogens is 372 g/mol. The molecule has 0 aliphatic heterocycles. The zero-order valence-corrected chi connectivity index (χ0v) is 16.6. The van der Waals surface area contributed by atoms with Gasteiger partial charge in [0.2, 0.25) is 10.0 Å². The smallest absolute Gasteiger partial charge is 0.240 e. The number of rotatable bonds is 9. The molecule has 26 heavy (non-hydrogen) atoms. The van der Waals surface area contributed by atoms with Crippen molar-refractivity contribution in [3.63, 3.8) is 0 Å². The van der Waals surface area contributed by atoms with Gasteiger partial charge in [-0.1, -0.05) is 24.3 Å². The first-order chi connectivity index (χ1) is 12.2. The fourth-order valence-corrected chi connectivity index (χ4v) is 4.40. The van der Waals surface area contributed by atoms with Crippen LogP contribution in [0.5, 0.6) is 0 Å². The molecular formula is C18H24N2O4S2. The molecule has 8 heteroatoms. The fraction of sp³-hybridized carbons (Fsp3) is 0.333. The second-order valence-corrected chi connectivity index (χ2v) is 9.70. The van der Waals surface area contributed by atoms with E-state index in [0.717, 1.165) is 18.5 Å². The lowest BCUT2D eigenvalue weighted by atomic mass is 10.2. The number of benzene rings is 2. The van der Waals surface area contributed by atoms with Gasteiger partial charge in [0.1, 0.15) is 0 Å². The van der Waals surface area contributed by atoms with Gasteiger partial charge in [-0.25, -0.2) is 21.6 Å². The zero-order valence-electron chi connectivity index (χ0n) is 14.9. The third-order valence-electron chi connectivity index (χ3n) is 3.94. The standard InChI is InChI=1S/C18H24N2O4S2/c1-3-20(16-9-5-4-6-10-16)14-8-13-19-26(23,24)18-12-7-11-17(15-18)25(2,21)22/h4-7,9-12,15,19H,3,8,13-14H2,1-2H3. The van der Waals surface area contributed by atoms with Crippen molar-refractivity contribution in [1.29, 1.82) is 0 Å². The molecule has 0 spiro atoms. The van der Waals surface area contributed by atoms with Crippen LogP contribution in [0, 0.1) is 0 Å². The Morgan fingerprint density at radius 3 is 2.19 bits per heavy atom. The van der Waals surface area contributed by atoms with E-state index in [1.54, 1.807) is 0 Å². The van der Waals surface area contributed by atoms with Crippen LogP contribution in [-0.4, -0.2) is 42.7 Å². The first kappa shape index (κ1) is 20.4. The van der Waals surface area contributed by atoms with Gasteiger partial charge in [0.15, 0.2) is 9.84 Å². The molecule has 0 fully saturated rings. The third-order valence-corrected chi connectivity index (χ3v) is 6.51. The summed E-state index contributed by atoms with van der Waals surface area (Å²) in [4.78, 5) is 2.11. The first-order valence-corrected chi connectivity index (χ1v) is 11.7. The summed E-state index contributed by atoms with van der Waals surface area (Å²) in [5.74, 6) is 0. The molecule has 0 heterocycles. The number of nitrogens with zero attached hydrogens (tertiary/aromatic N) is 1. The van der Waals surface area contributed by atoms with Gasteiger partial charge in [-0.15, -0.1) is 0 Å². The summed E-state index contributed by atoms with van der Waals surface area (Å²) in [6.07, 6.45) is 1.68. The molecule has 0 aliphatic rings. The van der Waals surface area contributed by atoms with E-state index >= 15 is 0 Å². The molecule has 142 valence electrons. The van der Waals surface area contributed by atoms with Gasteiger partial charge in [-0.05, 0) is 43.7 Å². The summed E-state index contributed by atoms with van der Waals surface area (Å²) in [7, 11) is -7.20. The Hall–Kier alpha value is -1.90. The van der Waals surface area contributed by atoms with Crippen LogP contribution >= 0.6 is 0 Å². The average molecular weight is 397 g/mol. The lowest BCUT2D eigenvalue weighted by molar-refractivity contribution is 0.578. The van der Waals surface area contributed by atoms with Gasteiger partial charge >= 0.3 is 0 Å². The Bertz CT molecular complexity index is 927. The summed E-state index contributed by atoms with van der Waals surface area (Å²) in [5, 5.41) is 0. The predicted octanol–water partition coefficient (Wildman–Crippen LogP) is 2.29. The van der Waals surface area contributed by atoms with Crippen molar-refractivity contribution in [3.05, 3.63) is 54.6 Å². The van der Waals surface area contributed by atoms with Crippen LogP contribution in [0.1, 0.15) is 13.3 Å². The second kappa shape index (κ2) is 8.66. The molecule has 2 rings (SSSR count). The number of anilines is 1. The molecule has 0 aromatic heterocycles. The highest BCUT2D eigenvalue weighted by molar-refractivity contribution is 7.91. The van der Waals surface area contributed by atoms with Crippen molar-refractivity contribution >= 4 is 25.5 Å². The highest BCUT2D eigenvalue weighted by atomic mass is 32.2. The van der Waals surface area contributed by atoms with E-state index in [2.05, 4.69) is 9.62 Å². The monoisotopic (exact) mass is 396 g/mol. The van der Waals surface area contributed by atoms with Crippen molar-refractivity contribution in [2.24, 2.45) is 0 Å². The van der Waals surface area contributed by atoms with Crippen LogP contribution in [0.15, 0.2) is 64.4 Å². The Morgan fingerprint density at radius 2 is 1.58 bits per heavy atom. The van der Waals surface area contributed by atoms with E-state index in [1.165, 1.54) is 24.3 Å². The maximum Gasteiger partial charge on any atom is 0.240 e. The summed E-state index contributed by atoms with van der Waals surface area (Å²) in [5.41, 5.74) is 1.10. The van der Waals surface area contributed by atoms with Crippen LogP contribution < -0.4 is 9.62 Å². The molecule has 0 aliphatic carbocycles. The molecule has 0 saturated carbocycles. The quantitative estimate of drug-likeness (QED) is 0.658. The third kappa shape index (κ3) is 5.55. The van der Waals surface area contributed by atoms with Crippen molar-refractivity contribution in [3.8, 4) is 0 Å². The molecule has 0 amide bonds. The van der Waals surface area contributed by atoms with E-state index in [1.807, 2.05) is 37.3 Å². The number of hydrogen-bond donors (Lipinski definition) is 1. The van der Waals surface area contributed by atoms with Gasteiger partial charge in [0.05, 0.1) is 9.79 Å². The molecule has 1 N–H and O–H groups in total. The second-order valence-electron chi connectivity index (χ2n) is 5.91. The first-order valence-electron chi connectivity index (χ1n) is 8.34. The van der Waals surface area contributed by atoms with Crippen LogP contribution in [0.2, 0.25) is 0 Å². The summed E-state index contributed by atoms with van der Waals surface area (Å²) >= 11 is 0. The van der Waals surface area contributed by atoms with Gasteiger partial charge in [0.25, 0.3) is 0 Å². The molecule has 0 unspecified atom stereocenters. The normalized spacial score (nSPS) is 12.1.